The van der Waals surface area contributed by atoms with E-state index in [1.807, 2.05) is 39.0 Å². The van der Waals surface area contributed by atoms with E-state index in [9.17, 15) is 9.59 Å². The van der Waals surface area contributed by atoms with Crippen molar-refractivity contribution in [1.82, 2.24) is 5.32 Å². The molecule has 2 aliphatic heterocycles. The van der Waals surface area contributed by atoms with E-state index in [-0.39, 0.29) is 16.2 Å². The van der Waals surface area contributed by atoms with Crippen LogP contribution in [-0.4, -0.2) is 29.5 Å². The first-order chi connectivity index (χ1) is 15.4. The largest absolute Gasteiger partial charge is 0.369 e. The standard InChI is InChI=1S/C27H31N3O2S/c1-15-8-16(2)10-20(9-15)30-25(32)22(24(31)28-26(30)33)13-19-12-21-18(4)14-27(5,6)29(7)23(21)11-17(19)3/h8-13,18H,14H2,1-7H3,(H,28,31,33)/b22-13+/t18-/m0/s1. The maximum atomic E-state index is 13.5. The summed E-state index contributed by atoms with van der Waals surface area (Å²) < 4.78 is 0. The molecule has 2 aromatic carbocycles. The van der Waals surface area contributed by atoms with Crippen LogP contribution in [0, 0.1) is 20.8 Å². The van der Waals surface area contributed by atoms with Gasteiger partial charge in [-0.3, -0.25) is 19.8 Å². The number of anilines is 2. The first-order valence-electron chi connectivity index (χ1n) is 11.3. The maximum absolute atomic E-state index is 13.5. The van der Waals surface area contributed by atoms with Gasteiger partial charge in [0.25, 0.3) is 11.8 Å². The summed E-state index contributed by atoms with van der Waals surface area (Å²) in [5.41, 5.74) is 7.20. The lowest BCUT2D eigenvalue weighted by atomic mass is 9.79. The van der Waals surface area contributed by atoms with Gasteiger partial charge in [0, 0.05) is 18.3 Å². The highest BCUT2D eigenvalue weighted by atomic mass is 32.1. The smallest absolute Gasteiger partial charge is 0.270 e. The average Bonchev–Trinajstić information content (AvgIpc) is 2.69. The lowest BCUT2D eigenvalue weighted by Crippen LogP contribution is -2.54. The van der Waals surface area contributed by atoms with Crippen molar-refractivity contribution in [3.8, 4) is 0 Å². The zero-order valence-electron chi connectivity index (χ0n) is 20.4. The molecule has 0 aliphatic carbocycles. The van der Waals surface area contributed by atoms with Crippen molar-refractivity contribution in [2.24, 2.45) is 0 Å². The molecule has 2 heterocycles. The highest BCUT2D eigenvalue weighted by Gasteiger charge is 2.36. The monoisotopic (exact) mass is 461 g/mol. The van der Waals surface area contributed by atoms with E-state index in [0.717, 1.165) is 28.7 Å². The second-order valence-corrected chi connectivity index (χ2v) is 10.4. The van der Waals surface area contributed by atoms with Crippen LogP contribution < -0.4 is 15.1 Å². The molecule has 0 unspecified atom stereocenters. The Labute approximate surface area is 201 Å². The summed E-state index contributed by atoms with van der Waals surface area (Å²) in [6.45, 7) is 12.7. The summed E-state index contributed by atoms with van der Waals surface area (Å²) in [6.07, 6.45) is 2.74. The molecule has 0 radical (unpaired) electrons. The van der Waals surface area contributed by atoms with Crippen molar-refractivity contribution in [1.29, 1.82) is 0 Å². The molecule has 2 aliphatic rings. The van der Waals surface area contributed by atoms with E-state index >= 15 is 0 Å². The van der Waals surface area contributed by atoms with Crippen molar-refractivity contribution >= 4 is 46.6 Å². The number of rotatable bonds is 2. The van der Waals surface area contributed by atoms with Gasteiger partial charge >= 0.3 is 0 Å². The SMILES string of the molecule is Cc1cc(C)cc(N2C(=O)/C(=C/c3cc4c(cc3C)N(C)C(C)(C)C[C@@H]4C)C(=O)NC2=S)c1. The number of benzene rings is 2. The highest BCUT2D eigenvalue weighted by molar-refractivity contribution is 7.80. The number of nitrogens with zero attached hydrogens (tertiary/aromatic N) is 2. The minimum atomic E-state index is -0.464. The van der Waals surface area contributed by atoms with Crippen LogP contribution in [-0.2, 0) is 9.59 Å². The number of aryl methyl sites for hydroxylation is 3. The predicted molar refractivity (Wildman–Crippen MR) is 139 cm³/mol. The molecule has 2 amide bonds. The van der Waals surface area contributed by atoms with Crippen molar-refractivity contribution in [3.05, 3.63) is 63.7 Å². The first-order valence-corrected chi connectivity index (χ1v) is 11.7. The van der Waals surface area contributed by atoms with E-state index in [1.54, 1.807) is 6.08 Å². The molecule has 0 saturated carbocycles. The lowest BCUT2D eigenvalue weighted by Gasteiger charge is -2.45. The van der Waals surface area contributed by atoms with Crippen molar-refractivity contribution < 1.29 is 9.59 Å². The van der Waals surface area contributed by atoms with E-state index in [4.69, 9.17) is 12.2 Å². The Bertz CT molecular complexity index is 1210. The van der Waals surface area contributed by atoms with Crippen LogP contribution in [0.3, 0.4) is 0 Å². The van der Waals surface area contributed by atoms with Gasteiger partial charge in [0.2, 0.25) is 0 Å². The summed E-state index contributed by atoms with van der Waals surface area (Å²) in [7, 11) is 2.13. The van der Waals surface area contributed by atoms with Crippen LogP contribution >= 0.6 is 12.2 Å². The molecule has 1 fully saturated rings. The van der Waals surface area contributed by atoms with Gasteiger partial charge < -0.3 is 4.90 Å². The minimum absolute atomic E-state index is 0.0696. The minimum Gasteiger partial charge on any atom is -0.369 e. The number of hydrogen-bond donors (Lipinski definition) is 1. The molecular weight excluding hydrogens is 430 g/mol. The Hall–Kier alpha value is -2.99. The van der Waals surface area contributed by atoms with E-state index in [1.165, 1.54) is 16.2 Å². The van der Waals surface area contributed by atoms with Crippen LogP contribution in [0.5, 0.6) is 0 Å². The van der Waals surface area contributed by atoms with E-state index in [0.29, 0.717) is 11.6 Å². The number of nitrogens with one attached hydrogen (secondary N) is 1. The second-order valence-electron chi connectivity index (χ2n) is 10.0. The van der Waals surface area contributed by atoms with Crippen molar-refractivity contribution in [3.63, 3.8) is 0 Å². The third-order valence-corrected chi connectivity index (χ3v) is 7.17. The topological polar surface area (TPSA) is 52.7 Å². The van der Waals surface area contributed by atoms with Gasteiger partial charge in [-0.15, -0.1) is 0 Å². The number of carbonyl (C=O) groups excluding carboxylic acids is 2. The Balaban J connectivity index is 1.78. The zero-order valence-corrected chi connectivity index (χ0v) is 21.2. The summed E-state index contributed by atoms with van der Waals surface area (Å²) in [5.74, 6) is -0.495. The fraction of sp³-hybridized carbons (Fsp3) is 0.370. The molecule has 33 heavy (non-hydrogen) atoms. The van der Waals surface area contributed by atoms with Crippen molar-refractivity contribution in [2.75, 3.05) is 16.8 Å². The lowest BCUT2D eigenvalue weighted by molar-refractivity contribution is -0.122. The summed E-state index contributed by atoms with van der Waals surface area (Å²) in [5, 5.41) is 2.80. The third kappa shape index (κ3) is 4.08. The Kier molecular flexibility index (Phi) is 5.69. The van der Waals surface area contributed by atoms with Crippen LogP contribution in [0.4, 0.5) is 11.4 Å². The number of carbonyl (C=O) groups is 2. The number of fused-ring (bicyclic) bond motifs is 1. The molecule has 1 N–H and O–H groups in total. The van der Waals surface area contributed by atoms with Gasteiger partial charge in [-0.1, -0.05) is 13.0 Å². The van der Waals surface area contributed by atoms with Crippen LogP contribution in [0.15, 0.2) is 35.9 Å². The Morgan fingerprint density at radius 2 is 1.70 bits per heavy atom. The second kappa shape index (κ2) is 8.10. The zero-order chi connectivity index (χ0) is 24.2. The first kappa shape index (κ1) is 23.2. The molecule has 5 nitrogen and oxygen atoms in total. The summed E-state index contributed by atoms with van der Waals surface area (Å²) in [4.78, 5) is 30.0. The molecule has 172 valence electrons. The normalized spacial score (nSPS) is 21.4. The van der Waals surface area contributed by atoms with Crippen LogP contribution in [0.2, 0.25) is 0 Å². The van der Waals surface area contributed by atoms with Crippen LogP contribution in [0.1, 0.15) is 60.9 Å². The fourth-order valence-electron chi connectivity index (χ4n) is 5.02. The molecule has 4 rings (SSSR count). The van der Waals surface area contributed by atoms with Gasteiger partial charge in [-0.2, -0.15) is 0 Å². The number of hydrogen-bond acceptors (Lipinski definition) is 4. The quantitative estimate of drug-likeness (QED) is 0.381. The maximum Gasteiger partial charge on any atom is 0.270 e. The molecule has 0 bridgehead atoms. The fourth-order valence-corrected chi connectivity index (χ4v) is 5.30. The van der Waals surface area contributed by atoms with Gasteiger partial charge in [0.15, 0.2) is 5.11 Å². The highest BCUT2D eigenvalue weighted by Crippen LogP contribution is 2.43. The number of amides is 2. The van der Waals surface area contributed by atoms with Gasteiger partial charge in [0.05, 0.1) is 5.69 Å². The average molecular weight is 462 g/mol. The van der Waals surface area contributed by atoms with E-state index in [2.05, 4.69) is 50.2 Å². The Morgan fingerprint density at radius 1 is 1.06 bits per heavy atom. The van der Waals surface area contributed by atoms with E-state index < -0.39 is 11.8 Å². The number of thiocarbonyl (C=S) groups is 1. The van der Waals surface area contributed by atoms with Gasteiger partial charge in [0.1, 0.15) is 5.57 Å². The summed E-state index contributed by atoms with van der Waals surface area (Å²) >= 11 is 5.36. The third-order valence-electron chi connectivity index (χ3n) is 6.89. The summed E-state index contributed by atoms with van der Waals surface area (Å²) in [6, 6.07) is 10.1. The van der Waals surface area contributed by atoms with Crippen LogP contribution in [0.25, 0.3) is 6.08 Å². The molecule has 6 heteroatoms. The molecule has 0 aromatic heterocycles. The predicted octanol–water partition coefficient (Wildman–Crippen LogP) is 5.17. The molecule has 0 spiro atoms. The van der Waals surface area contributed by atoms with Gasteiger partial charge in [-0.25, -0.2) is 0 Å². The molecule has 2 aromatic rings. The molecular formula is C27H31N3O2S. The Morgan fingerprint density at radius 3 is 2.33 bits per heavy atom. The molecule has 1 atom stereocenters. The molecule has 1 saturated heterocycles. The van der Waals surface area contributed by atoms with Gasteiger partial charge in [-0.05, 0) is 117 Å². The van der Waals surface area contributed by atoms with Crippen molar-refractivity contribution in [2.45, 2.75) is 59.4 Å².